The van der Waals surface area contributed by atoms with Crippen molar-refractivity contribution in [1.82, 2.24) is 9.55 Å². The third-order valence-electron chi connectivity index (χ3n) is 7.46. The molecule has 2 fully saturated rings. The number of aliphatic hydroxyl groups excluding tert-OH is 1. The number of carbonyl (C=O) groups is 1. The minimum atomic E-state index is -4.03. The molecule has 0 amide bonds. The fraction of sp³-hybridized carbons (Fsp3) is 0.414. The Hall–Kier alpha value is -3.54. The van der Waals surface area contributed by atoms with Gasteiger partial charge in [0, 0.05) is 18.7 Å². The van der Waals surface area contributed by atoms with Crippen molar-refractivity contribution in [2.75, 3.05) is 19.4 Å². The first-order chi connectivity index (χ1) is 20.2. The number of benzene rings is 2. The molecule has 6 atom stereocenters. The van der Waals surface area contributed by atoms with Gasteiger partial charge in [-0.1, -0.05) is 55.5 Å². The lowest BCUT2D eigenvalue weighted by molar-refractivity contribution is -0.227. The van der Waals surface area contributed by atoms with Gasteiger partial charge in [-0.25, -0.2) is 9.36 Å². The molecule has 0 bridgehead atoms. The van der Waals surface area contributed by atoms with E-state index in [1.165, 1.54) is 6.20 Å². The Balaban J connectivity index is 1.32. The van der Waals surface area contributed by atoms with Gasteiger partial charge in [-0.15, -0.1) is 0 Å². The highest BCUT2D eigenvalue weighted by Gasteiger charge is 2.62. The van der Waals surface area contributed by atoms with Crippen LogP contribution in [0.1, 0.15) is 31.6 Å². The second-order valence-electron chi connectivity index (χ2n) is 10.2. The molecule has 0 radical (unpaired) electrons. The largest absolute Gasteiger partial charge is 0.461 e. The fourth-order valence-electron chi connectivity index (χ4n) is 5.06. The van der Waals surface area contributed by atoms with Crippen molar-refractivity contribution in [1.29, 1.82) is 0 Å². The van der Waals surface area contributed by atoms with E-state index in [1.54, 1.807) is 37.3 Å². The summed E-state index contributed by atoms with van der Waals surface area (Å²) in [5.74, 6) is -1.07. The number of esters is 1. The quantitative estimate of drug-likeness (QED) is 0.234. The molecule has 5 rings (SSSR count). The minimum absolute atomic E-state index is 0.0660. The molecule has 12 nitrogen and oxygen atoms in total. The summed E-state index contributed by atoms with van der Waals surface area (Å²) in [5.41, 5.74) is -1.75. The van der Waals surface area contributed by atoms with Crippen molar-refractivity contribution in [3.8, 4) is 5.75 Å². The summed E-state index contributed by atoms with van der Waals surface area (Å²) in [7, 11) is -4.03. The SMILES string of the molecule is CC[C@H](CP(=O)(OC[C@H]1O[C@@H](n2ccc(=O)[nH]c2=O)[C@@]2(CCO2)[C@@H]1O)Oc1ccccc1)C(=O)OCc1ccccc1. The molecule has 3 aromatic rings. The minimum Gasteiger partial charge on any atom is -0.461 e. The predicted molar refractivity (Wildman–Crippen MR) is 150 cm³/mol. The number of aromatic amines is 1. The molecule has 13 heteroatoms. The van der Waals surface area contributed by atoms with E-state index in [-0.39, 0.29) is 25.1 Å². The zero-order valence-corrected chi connectivity index (χ0v) is 23.9. The molecular weight excluding hydrogens is 567 g/mol. The van der Waals surface area contributed by atoms with Crippen LogP contribution in [0.5, 0.6) is 5.75 Å². The summed E-state index contributed by atoms with van der Waals surface area (Å²) in [6.07, 6.45) is -1.70. The zero-order chi connectivity index (χ0) is 29.7. The van der Waals surface area contributed by atoms with Gasteiger partial charge in [0.15, 0.2) is 6.23 Å². The van der Waals surface area contributed by atoms with Crippen molar-refractivity contribution in [3.05, 3.63) is 99.3 Å². The Bertz CT molecular complexity index is 1520. The van der Waals surface area contributed by atoms with E-state index in [1.807, 2.05) is 30.3 Å². The predicted octanol–water partition coefficient (Wildman–Crippen LogP) is 3.01. The lowest BCUT2D eigenvalue weighted by Crippen LogP contribution is -2.57. The van der Waals surface area contributed by atoms with Crippen molar-refractivity contribution in [2.45, 2.75) is 50.4 Å². The highest BCUT2D eigenvalue weighted by atomic mass is 31.2. The zero-order valence-electron chi connectivity index (χ0n) is 23.0. The number of nitrogens with one attached hydrogen (secondary N) is 1. The lowest BCUT2D eigenvalue weighted by Gasteiger charge is -2.44. The number of nitrogens with zero attached hydrogens (tertiary/aromatic N) is 1. The van der Waals surface area contributed by atoms with E-state index in [9.17, 15) is 24.1 Å². The average Bonchev–Trinajstić information content (AvgIpc) is 3.27. The van der Waals surface area contributed by atoms with Crippen LogP contribution in [0.15, 0.2) is 82.5 Å². The van der Waals surface area contributed by atoms with Crippen molar-refractivity contribution in [2.24, 2.45) is 5.92 Å². The molecule has 42 heavy (non-hydrogen) atoms. The second-order valence-corrected chi connectivity index (χ2v) is 12.3. The van der Waals surface area contributed by atoms with Crippen LogP contribution in [0.4, 0.5) is 0 Å². The van der Waals surface area contributed by atoms with Crippen LogP contribution in [0.2, 0.25) is 0 Å². The molecular formula is C29H33N2O10P. The molecule has 2 aliphatic rings. The van der Waals surface area contributed by atoms with Crippen LogP contribution >= 0.6 is 7.60 Å². The van der Waals surface area contributed by atoms with Crippen molar-refractivity contribution >= 4 is 13.6 Å². The van der Waals surface area contributed by atoms with Crippen LogP contribution < -0.4 is 15.8 Å². The number of ether oxygens (including phenoxy) is 3. The molecule has 2 N–H and O–H groups in total. The Kier molecular flexibility index (Phi) is 9.10. The Labute approximate surface area is 241 Å². The topological polar surface area (TPSA) is 155 Å². The maximum absolute atomic E-state index is 14.2. The number of H-pyrrole nitrogens is 1. The molecule has 0 saturated carbocycles. The molecule has 224 valence electrons. The highest BCUT2D eigenvalue weighted by molar-refractivity contribution is 7.54. The van der Waals surface area contributed by atoms with Crippen LogP contribution in [0.3, 0.4) is 0 Å². The van der Waals surface area contributed by atoms with Gasteiger partial charge in [0.2, 0.25) is 0 Å². The third kappa shape index (κ3) is 6.43. The number of hydrogen-bond acceptors (Lipinski definition) is 10. The van der Waals surface area contributed by atoms with Gasteiger partial charge in [0.05, 0.1) is 25.3 Å². The summed E-state index contributed by atoms with van der Waals surface area (Å²) < 4.78 is 44.3. The third-order valence-corrected chi connectivity index (χ3v) is 9.38. The molecule has 2 aromatic carbocycles. The van der Waals surface area contributed by atoms with E-state index in [0.29, 0.717) is 19.4 Å². The second kappa shape index (κ2) is 12.8. The first-order valence-electron chi connectivity index (χ1n) is 13.7. The molecule has 1 unspecified atom stereocenters. The van der Waals surface area contributed by atoms with E-state index >= 15 is 0 Å². The van der Waals surface area contributed by atoms with Gasteiger partial charge in [-0.3, -0.25) is 23.7 Å². The fourth-order valence-corrected chi connectivity index (χ4v) is 7.05. The first kappa shape index (κ1) is 29.9. The number of carbonyl (C=O) groups excluding carboxylic acids is 1. The monoisotopic (exact) mass is 600 g/mol. The Morgan fingerprint density at radius 3 is 2.45 bits per heavy atom. The molecule has 2 aliphatic heterocycles. The van der Waals surface area contributed by atoms with Crippen LogP contribution in [0, 0.1) is 5.92 Å². The number of para-hydroxylation sites is 1. The van der Waals surface area contributed by atoms with Crippen LogP contribution in [-0.2, 0) is 34.7 Å². The standard InChI is InChI=1S/C29H33N2O10P/c1-2-21(26(34)37-17-20-9-5-3-6-10-20)19-42(36,41-22-11-7-4-8-12-22)39-18-23-25(33)29(14-16-38-29)27(40-23)31-15-13-24(32)30-28(31)35/h3-13,15,21,23,25,27,33H,2,14,16-19H2,1H3,(H,30,32,35)/t21-,23-,25-,27-,29-,42?/m1/s1. The van der Waals surface area contributed by atoms with Gasteiger partial charge in [0.25, 0.3) is 5.56 Å². The van der Waals surface area contributed by atoms with E-state index in [4.69, 9.17) is 23.3 Å². The van der Waals surface area contributed by atoms with Gasteiger partial charge in [0.1, 0.15) is 30.2 Å². The van der Waals surface area contributed by atoms with E-state index in [2.05, 4.69) is 4.98 Å². The summed E-state index contributed by atoms with van der Waals surface area (Å²) in [6, 6.07) is 18.8. The van der Waals surface area contributed by atoms with Gasteiger partial charge >= 0.3 is 19.3 Å². The number of aliphatic hydroxyl groups is 1. The summed E-state index contributed by atoms with van der Waals surface area (Å²) in [4.78, 5) is 39.2. The normalized spacial score (nSPS) is 25.3. The van der Waals surface area contributed by atoms with Crippen LogP contribution in [-0.4, -0.2) is 57.8 Å². The Morgan fingerprint density at radius 2 is 1.83 bits per heavy atom. The summed E-state index contributed by atoms with van der Waals surface area (Å²) in [5, 5.41) is 11.2. The molecule has 3 heterocycles. The van der Waals surface area contributed by atoms with Crippen molar-refractivity contribution in [3.63, 3.8) is 0 Å². The van der Waals surface area contributed by atoms with Gasteiger partial charge in [-0.2, -0.15) is 0 Å². The molecule has 1 aromatic heterocycles. The maximum atomic E-state index is 14.2. The summed E-state index contributed by atoms with van der Waals surface area (Å²) in [6.45, 7) is 1.79. The lowest BCUT2D eigenvalue weighted by atomic mass is 9.86. The van der Waals surface area contributed by atoms with Gasteiger partial charge < -0.3 is 23.8 Å². The Morgan fingerprint density at radius 1 is 1.14 bits per heavy atom. The number of hydrogen-bond donors (Lipinski definition) is 2. The number of rotatable bonds is 12. The molecule has 1 spiro atoms. The molecule has 0 aliphatic carbocycles. The summed E-state index contributed by atoms with van der Waals surface area (Å²) >= 11 is 0. The maximum Gasteiger partial charge on any atom is 0.380 e. The first-order valence-corrected chi connectivity index (χ1v) is 15.4. The number of aromatic nitrogens is 2. The van der Waals surface area contributed by atoms with E-state index < -0.39 is 54.8 Å². The highest BCUT2D eigenvalue weighted by Crippen LogP contribution is 2.53. The average molecular weight is 601 g/mol. The van der Waals surface area contributed by atoms with Crippen LogP contribution in [0.25, 0.3) is 0 Å². The molecule has 2 saturated heterocycles. The smallest absolute Gasteiger partial charge is 0.380 e. The van der Waals surface area contributed by atoms with Gasteiger partial charge in [-0.05, 0) is 24.1 Å². The van der Waals surface area contributed by atoms with Crippen molar-refractivity contribution < 1.29 is 37.7 Å². The van der Waals surface area contributed by atoms with E-state index in [0.717, 1.165) is 16.2 Å².